The second-order valence-corrected chi connectivity index (χ2v) is 6.09. The molecule has 0 aliphatic heterocycles. The largest absolute Gasteiger partial charge is 0.369 e. The number of anilines is 1. The van der Waals surface area contributed by atoms with Crippen LogP contribution in [0.4, 0.5) is 5.69 Å². The molecular weight excluding hydrogens is 298 g/mol. The van der Waals surface area contributed by atoms with Gasteiger partial charge in [-0.3, -0.25) is 0 Å². The highest BCUT2D eigenvalue weighted by molar-refractivity contribution is 9.08. The van der Waals surface area contributed by atoms with E-state index in [4.69, 9.17) is 11.6 Å². The minimum atomic E-state index is 0.520. The molecule has 0 saturated heterocycles. The van der Waals surface area contributed by atoms with E-state index in [1.54, 1.807) is 0 Å². The first-order valence-electron chi connectivity index (χ1n) is 6.23. The average molecular weight is 317 g/mol. The molecule has 0 unspecified atom stereocenters. The van der Waals surface area contributed by atoms with E-state index >= 15 is 0 Å². The first-order valence-corrected chi connectivity index (χ1v) is 7.72. The summed E-state index contributed by atoms with van der Waals surface area (Å²) in [7, 11) is 0. The Bertz CT molecular complexity index is 388. The molecule has 0 aromatic heterocycles. The van der Waals surface area contributed by atoms with E-state index in [0.717, 1.165) is 22.8 Å². The van der Waals surface area contributed by atoms with Gasteiger partial charge in [-0.05, 0) is 50.3 Å². The van der Waals surface area contributed by atoms with Crippen LogP contribution in [-0.4, -0.2) is 12.6 Å². The summed E-state index contributed by atoms with van der Waals surface area (Å²) in [5.41, 5.74) is 2.61. The Labute approximate surface area is 117 Å². The second-order valence-electron chi connectivity index (χ2n) is 5.10. The van der Waals surface area contributed by atoms with Crippen molar-refractivity contribution in [1.82, 2.24) is 0 Å². The molecule has 1 aliphatic rings. The number of hydrogen-bond donors (Lipinski definition) is 0. The first-order chi connectivity index (χ1) is 8.11. The van der Waals surface area contributed by atoms with Gasteiger partial charge >= 0.3 is 0 Å². The predicted molar refractivity (Wildman–Crippen MR) is 79.3 cm³/mol. The van der Waals surface area contributed by atoms with Crippen LogP contribution < -0.4 is 4.90 Å². The Morgan fingerprint density at radius 3 is 2.65 bits per heavy atom. The third-order valence-electron chi connectivity index (χ3n) is 3.28. The highest BCUT2D eigenvalue weighted by atomic mass is 79.9. The molecule has 0 bridgehead atoms. The van der Waals surface area contributed by atoms with Crippen LogP contribution in [0.3, 0.4) is 0 Å². The average Bonchev–Trinajstić information content (AvgIpc) is 3.09. The maximum atomic E-state index is 6.13. The van der Waals surface area contributed by atoms with Gasteiger partial charge in [-0.25, -0.2) is 0 Å². The fourth-order valence-electron chi connectivity index (χ4n) is 2.08. The van der Waals surface area contributed by atoms with E-state index < -0.39 is 0 Å². The van der Waals surface area contributed by atoms with Gasteiger partial charge < -0.3 is 4.90 Å². The van der Waals surface area contributed by atoms with Gasteiger partial charge in [0.05, 0.1) is 0 Å². The number of rotatable bonds is 5. The van der Waals surface area contributed by atoms with Gasteiger partial charge in [-0.15, -0.1) is 0 Å². The van der Waals surface area contributed by atoms with Gasteiger partial charge in [-0.2, -0.15) is 0 Å². The van der Waals surface area contributed by atoms with Crippen molar-refractivity contribution in [2.75, 3.05) is 11.4 Å². The molecule has 0 heterocycles. The van der Waals surface area contributed by atoms with Crippen molar-refractivity contribution in [3.63, 3.8) is 0 Å². The molecule has 17 heavy (non-hydrogen) atoms. The van der Waals surface area contributed by atoms with Gasteiger partial charge in [0.2, 0.25) is 0 Å². The Morgan fingerprint density at radius 2 is 2.12 bits per heavy atom. The summed E-state index contributed by atoms with van der Waals surface area (Å²) < 4.78 is 0. The maximum absolute atomic E-state index is 6.13. The SMILES string of the molecule is CC(C)N(CC1CC1)c1cc(Cl)ccc1CBr. The van der Waals surface area contributed by atoms with E-state index in [1.807, 2.05) is 6.07 Å². The summed E-state index contributed by atoms with van der Waals surface area (Å²) in [6, 6.07) is 6.71. The molecule has 0 radical (unpaired) electrons. The highest BCUT2D eigenvalue weighted by Crippen LogP contribution is 2.35. The quantitative estimate of drug-likeness (QED) is 0.701. The summed E-state index contributed by atoms with van der Waals surface area (Å²) in [5, 5.41) is 1.71. The van der Waals surface area contributed by atoms with Crippen LogP contribution in [0.1, 0.15) is 32.3 Å². The molecule has 0 spiro atoms. The van der Waals surface area contributed by atoms with Crippen LogP contribution in [-0.2, 0) is 5.33 Å². The molecule has 1 aromatic rings. The first kappa shape index (κ1) is 13.2. The van der Waals surface area contributed by atoms with Crippen LogP contribution in [0.25, 0.3) is 0 Å². The normalized spacial score (nSPS) is 15.4. The molecule has 1 aromatic carbocycles. The van der Waals surface area contributed by atoms with Gasteiger partial charge in [0.1, 0.15) is 0 Å². The zero-order chi connectivity index (χ0) is 12.4. The summed E-state index contributed by atoms with van der Waals surface area (Å²) in [4.78, 5) is 2.49. The van der Waals surface area contributed by atoms with Gasteiger partial charge in [0.25, 0.3) is 0 Å². The van der Waals surface area contributed by atoms with E-state index in [9.17, 15) is 0 Å². The lowest BCUT2D eigenvalue weighted by atomic mass is 10.1. The summed E-state index contributed by atoms with van der Waals surface area (Å²) >= 11 is 9.70. The molecule has 1 saturated carbocycles. The molecular formula is C14H19BrClN. The van der Waals surface area contributed by atoms with Crippen molar-refractivity contribution in [2.24, 2.45) is 5.92 Å². The molecule has 3 heteroatoms. The van der Waals surface area contributed by atoms with Crippen molar-refractivity contribution in [3.8, 4) is 0 Å². The molecule has 0 amide bonds. The van der Waals surface area contributed by atoms with Crippen molar-refractivity contribution >= 4 is 33.2 Å². The third kappa shape index (κ3) is 3.38. The van der Waals surface area contributed by atoms with E-state index in [1.165, 1.54) is 24.1 Å². The zero-order valence-electron chi connectivity index (χ0n) is 10.4. The topological polar surface area (TPSA) is 3.24 Å². The number of nitrogens with zero attached hydrogens (tertiary/aromatic N) is 1. The van der Waals surface area contributed by atoms with Crippen molar-refractivity contribution < 1.29 is 0 Å². The molecule has 0 atom stereocenters. The summed E-state index contributed by atoms with van der Waals surface area (Å²) in [6.07, 6.45) is 2.76. The Kier molecular flexibility index (Phi) is 4.37. The van der Waals surface area contributed by atoms with Crippen molar-refractivity contribution in [3.05, 3.63) is 28.8 Å². The van der Waals surface area contributed by atoms with Gasteiger partial charge in [0.15, 0.2) is 0 Å². The molecule has 94 valence electrons. The number of benzene rings is 1. The zero-order valence-corrected chi connectivity index (χ0v) is 12.8. The van der Waals surface area contributed by atoms with E-state index in [0.29, 0.717) is 6.04 Å². The monoisotopic (exact) mass is 315 g/mol. The van der Waals surface area contributed by atoms with Crippen LogP contribution >= 0.6 is 27.5 Å². The van der Waals surface area contributed by atoms with Crippen LogP contribution in [0.15, 0.2) is 18.2 Å². The molecule has 1 nitrogen and oxygen atoms in total. The van der Waals surface area contributed by atoms with Crippen molar-refractivity contribution in [1.29, 1.82) is 0 Å². The van der Waals surface area contributed by atoms with Crippen LogP contribution in [0, 0.1) is 5.92 Å². The van der Waals surface area contributed by atoms with Gasteiger partial charge in [0, 0.05) is 28.6 Å². The Hall–Kier alpha value is -0.210. The molecule has 2 rings (SSSR count). The maximum Gasteiger partial charge on any atom is 0.0426 e. The number of alkyl halides is 1. The summed E-state index contributed by atoms with van der Waals surface area (Å²) in [5.74, 6) is 0.888. The molecule has 1 aliphatic carbocycles. The van der Waals surface area contributed by atoms with E-state index in [-0.39, 0.29) is 0 Å². The lowest BCUT2D eigenvalue weighted by molar-refractivity contribution is 0.643. The lowest BCUT2D eigenvalue weighted by Gasteiger charge is -2.31. The van der Waals surface area contributed by atoms with Gasteiger partial charge in [-0.1, -0.05) is 33.6 Å². The predicted octanol–water partition coefficient (Wildman–Crippen LogP) is 4.86. The Morgan fingerprint density at radius 1 is 1.41 bits per heavy atom. The smallest absolute Gasteiger partial charge is 0.0426 e. The summed E-state index contributed by atoms with van der Waals surface area (Å²) in [6.45, 7) is 5.67. The second kappa shape index (κ2) is 5.62. The fraction of sp³-hybridized carbons (Fsp3) is 0.571. The Balaban J connectivity index is 2.29. The molecule has 0 N–H and O–H groups in total. The minimum absolute atomic E-state index is 0.520. The third-order valence-corrected chi connectivity index (χ3v) is 4.12. The highest BCUT2D eigenvalue weighted by Gasteiger charge is 2.26. The molecule has 1 fully saturated rings. The van der Waals surface area contributed by atoms with Crippen LogP contribution in [0.2, 0.25) is 5.02 Å². The number of halogens is 2. The number of hydrogen-bond acceptors (Lipinski definition) is 1. The standard InChI is InChI=1S/C14H19BrClN/c1-10(2)17(9-11-3-4-11)14-7-13(16)6-5-12(14)8-15/h5-7,10-11H,3-4,8-9H2,1-2H3. The van der Waals surface area contributed by atoms with Crippen LogP contribution in [0.5, 0.6) is 0 Å². The minimum Gasteiger partial charge on any atom is -0.369 e. The van der Waals surface area contributed by atoms with Crippen molar-refractivity contribution in [2.45, 2.75) is 38.1 Å². The van der Waals surface area contributed by atoms with E-state index in [2.05, 4.69) is 46.8 Å². The fourth-order valence-corrected chi connectivity index (χ4v) is 2.72. The lowest BCUT2D eigenvalue weighted by Crippen LogP contribution is -2.33.